The van der Waals surface area contributed by atoms with Crippen LogP contribution in [0, 0.1) is 0 Å². The van der Waals surface area contributed by atoms with Crippen molar-refractivity contribution in [3.63, 3.8) is 0 Å². The molecule has 0 saturated carbocycles. The Balaban J connectivity index is 0.000000258. The molecule has 2 N–H and O–H groups in total. The van der Waals surface area contributed by atoms with Gasteiger partial charge in [0.25, 0.3) is 0 Å². The second-order valence-corrected chi connectivity index (χ2v) is 6.19. The third-order valence-corrected chi connectivity index (χ3v) is 4.33. The molecule has 0 atom stereocenters. The number of aliphatic imine (C=N–C) groups is 1. The molecule has 1 aliphatic heterocycles. The molecule has 0 unspecified atom stereocenters. The molecule has 0 radical (unpaired) electrons. The van der Waals surface area contributed by atoms with Gasteiger partial charge < -0.3 is 10.6 Å². The Labute approximate surface area is 151 Å². The largest absolute Gasteiger partial charge is 0.304 e. The second-order valence-electron chi connectivity index (χ2n) is 5.35. The first-order valence-electron chi connectivity index (χ1n) is 8.08. The highest BCUT2D eigenvalue weighted by molar-refractivity contribution is 7.13. The number of nitrogens with zero attached hydrogens (tertiary/aromatic N) is 4. The summed E-state index contributed by atoms with van der Waals surface area (Å²) < 4.78 is 0. The molecule has 7 heteroatoms. The fourth-order valence-corrected chi connectivity index (χ4v) is 2.93. The molecule has 1 fully saturated rings. The number of nitrogens with one attached hydrogen (secondary N) is 2. The summed E-state index contributed by atoms with van der Waals surface area (Å²) in [5.74, 6) is 0. The van der Waals surface area contributed by atoms with Crippen LogP contribution in [0.3, 0.4) is 0 Å². The van der Waals surface area contributed by atoms with E-state index in [2.05, 4.69) is 37.3 Å². The van der Waals surface area contributed by atoms with Gasteiger partial charge in [0.1, 0.15) is 5.69 Å². The Hall–Kier alpha value is -2.48. The van der Waals surface area contributed by atoms with Gasteiger partial charge in [0, 0.05) is 30.0 Å². The summed E-state index contributed by atoms with van der Waals surface area (Å²) in [6, 6.07) is 9.73. The van der Waals surface area contributed by atoms with Gasteiger partial charge in [0.15, 0.2) is 0 Å². The lowest BCUT2D eigenvalue weighted by Crippen LogP contribution is -2.37. The predicted octanol–water partition coefficient (Wildman–Crippen LogP) is 3.13. The summed E-state index contributed by atoms with van der Waals surface area (Å²) in [7, 11) is 0. The molecular weight excluding hydrogens is 332 g/mol. The molecule has 0 spiro atoms. The van der Waals surface area contributed by atoms with Crippen LogP contribution in [0.5, 0.6) is 0 Å². The van der Waals surface area contributed by atoms with Crippen molar-refractivity contribution in [2.45, 2.75) is 6.42 Å². The van der Waals surface area contributed by atoms with Gasteiger partial charge in [0.05, 0.1) is 11.4 Å². The summed E-state index contributed by atoms with van der Waals surface area (Å²) >= 11 is 1.45. The zero-order valence-electron chi connectivity index (χ0n) is 13.9. The Kier molecular flexibility index (Phi) is 6.33. The van der Waals surface area contributed by atoms with Crippen LogP contribution in [-0.2, 0) is 0 Å². The van der Waals surface area contributed by atoms with Crippen molar-refractivity contribution < 1.29 is 0 Å². The number of rotatable bonds is 3. The zero-order valence-corrected chi connectivity index (χ0v) is 14.7. The lowest BCUT2D eigenvalue weighted by atomic mass is 10.2. The van der Waals surface area contributed by atoms with Crippen molar-refractivity contribution in [3.8, 4) is 22.6 Å². The summed E-state index contributed by atoms with van der Waals surface area (Å²) in [6.45, 7) is 6.85. The van der Waals surface area contributed by atoms with Crippen LogP contribution in [0.25, 0.3) is 22.6 Å². The van der Waals surface area contributed by atoms with Gasteiger partial charge in [-0.1, -0.05) is 6.07 Å². The lowest BCUT2D eigenvalue weighted by Gasteiger charge is -2.11. The van der Waals surface area contributed by atoms with Crippen molar-refractivity contribution in [2.24, 2.45) is 4.99 Å². The van der Waals surface area contributed by atoms with Gasteiger partial charge in [-0.15, -0.1) is 11.3 Å². The first kappa shape index (κ1) is 17.3. The Morgan fingerprint density at radius 1 is 1.00 bits per heavy atom. The number of hydrogen-bond donors (Lipinski definition) is 2. The predicted molar refractivity (Wildman–Crippen MR) is 103 cm³/mol. The molecule has 6 nitrogen and oxygen atoms in total. The number of pyridine rings is 2. The van der Waals surface area contributed by atoms with Crippen LogP contribution in [-0.4, -0.2) is 41.4 Å². The van der Waals surface area contributed by atoms with Crippen molar-refractivity contribution in [1.29, 1.82) is 0 Å². The molecule has 4 heterocycles. The molecule has 25 heavy (non-hydrogen) atoms. The van der Waals surface area contributed by atoms with E-state index < -0.39 is 0 Å². The van der Waals surface area contributed by atoms with Gasteiger partial charge in [-0.05, 0) is 50.5 Å². The highest BCUT2D eigenvalue weighted by Gasteiger charge is 2.06. The molecular formula is C18H20N6S. The van der Waals surface area contributed by atoms with Gasteiger partial charge in [0.2, 0.25) is 5.13 Å². The molecule has 1 saturated heterocycles. The van der Waals surface area contributed by atoms with Gasteiger partial charge in [-0.3, -0.25) is 4.98 Å². The van der Waals surface area contributed by atoms with E-state index in [9.17, 15) is 0 Å². The maximum absolute atomic E-state index is 4.60. The zero-order chi connectivity index (χ0) is 17.3. The summed E-state index contributed by atoms with van der Waals surface area (Å²) in [5.41, 5.74) is 3.51. The Bertz CT molecular complexity index is 787. The van der Waals surface area contributed by atoms with E-state index >= 15 is 0 Å². The van der Waals surface area contributed by atoms with Crippen LogP contribution >= 0.6 is 11.3 Å². The topological polar surface area (TPSA) is 75.1 Å². The van der Waals surface area contributed by atoms with Crippen molar-refractivity contribution in [1.82, 2.24) is 25.6 Å². The fraction of sp³-hybridized carbons (Fsp3) is 0.222. The highest BCUT2D eigenvalue weighted by Crippen LogP contribution is 2.26. The third-order valence-electron chi connectivity index (χ3n) is 3.55. The minimum Gasteiger partial charge on any atom is -0.304 e. The van der Waals surface area contributed by atoms with Crippen molar-refractivity contribution in [3.05, 3.63) is 48.1 Å². The number of aromatic nitrogens is 3. The van der Waals surface area contributed by atoms with Crippen molar-refractivity contribution >= 4 is 23.2 Å². The van der Waals surface area contributed by atoms with E-state index in [1.165, 1.54) is 30.8 Å². The first-order chi connectivity index (χ1) is 12.4. The van der Waals surface area contributed by atoms with Crippen LogP contribution < -0.4 is 10.6 Å². The molecule has 0 aliphatic carbocycles. The average molecular weight is 352 g/mol. The highest BCUT2D eigenvalue weighted by atomic mass is 32.1. The van der Waals surface area contributed by atoms with E-state index in [1.54, 1.807) is 12.4 Å². The molecule has 3 aromatic heterocycles. The minimum atomic E-state index is 0.656. The second kappa shape index (κ2) is 9.12. The van der Waals surface area contributed by atoms with Crippen LogP contribution in [0.15, 0.2) is 53.1 Å². The fourth-order valence-electron chi connectivity index (χ4n) is 2.31. The van der Waals surface area contributed by atoms with E-state index in [-0.39, 0.29) is 0 Å². The number of hydrogen-bond acceptors (Lipinski definition) is 7. The maximum atomic E-state index is 4.60. The molecule has 1 aliphatic rings. The van der Waals surface area contributed by atoms with Crippen LogP contribution in [0.1, 0.15) is 6.42 Å². The molecule has 4 rings (SSSR count). The van der Waals surface area contributed by atoms with E-state index in [0.717, 1.165) is 29.3 Å². The SMILES string of the molecule is C1CNCNC1.C=Nc1nc(-c2cccc(-c3cccnc3)n2)cs1. The molecule has 3 aromatic rings. The third kappa shape index (κ3) is 4.99. The smallest absolute Gasteiger partial charge is 0.209 e. The quantitative estimate of drug-likeness (QED) is 0.709. The van der Waals surface area contributed by atoms with E-state index in [4.69, 9.17) is 0 Å². The summed E-state index contributed by atoms with van der Waals surface area (Å²) in [4.78, 5) is 16.9. The first-order valence-corrected chi connectivity index (χ1v) is 8.96. The number of thiazole rings is 1. The standard InChI is InChI=1S/C14H10N4S.C4H10N2/c1-15-14-18-13(9-19-14)12-6-2-5-11(17-12)10-4-3-7-16-8-10;1-2-5-4-6-3-1/h2-9H,1H2;5-6H,1-4H2. The van der Waals surface area contributed by atoms with Crippen LogP contribution in [0.2, 0.25) is 0 Å². The minimum absolute atomic E-state index is 0.656. The monoisotopic (exact) mass is 352 g/mol. The average Bonchev–Trinajstić information content (AvgIpc) is 3.20. The normalized spacial score (nSPS) is 13.6. The lowest BCUT2D eigenvalue weighted by molar-refractivity contribution is 0.496. The molecule has 128 valence electrons. The molecule has 0 aromatic carbocycles. The van der Waals surface area contributed by atoms with Gasteiger partial charge >= 0.3 is 0 Å². The van der Waals surface area contributed by atoms with Crippen LogP contribution in [0.4, 0.5) is 5.13 Å². The van der Waals surface area contributed by atoms with E-state index in [0.29, 0.717) is 5.13 Å². The summed E-state index contributed by atoms with van der Waals surface area (Å²) in [5, 5.41) is 8.93. The molecule has 0 amide bonds. The van der Waals surface area contributed by atoms with Gasteiger partial charge in [-0.25, -0.2) is 15.0 Å². The Morgan fingerprint density at radius 3 is 2.44 bits per heavy atom. The van der Waals surface area contributed by atoms with E-state index in [1.807, 2.05) is 35.7 Å². The summed E-state index contributed by atoms with van der Waals surface area (Å²) in [6.07, 6.45) is 4.82. The maximum Gasteiger partial charge on any atom is 0.209 e. The van der Waals surface area contributed by atoms with Gasteiger partial charge in [-0.2, -0.15) is 0 Å². The van der Waals surface area contributed by atoms with Crippen molar-refractivity contribution in [2.75, 3.05) is 19.8 Å². The molecule has 0 bridgehead atoms. The Morgan fingerprint density at radius 2 is 1.84 bits per heavy atom.